The summed E-state index contributed by atoms with van der Waals surface area (Å²) < 4.78 is 110. The van der Waals surface area contributed by atoms with E-state index in [4.69, 9.17) is 8.84 Å². The van der Waals surface area contributed by atoms with Crippen LogP contribution >= 0.6 is 0 Å². The van der Waals surface area contributed by atoms with Gasteiger partial charge in [0.25, 0.3) is 5.56 Å². The molecule has 288 valence electrons. The van der Waals surface area contributed by atoms with Crippen molar-refractivity contribution >= 4 is 14.0 Å². The Morgan fingerprint density at radius 1 is 0.811 bits per heavy atom. The molecule has 1 unspecified atom stereocenters. The van der Waals surface area contributed by atoms with Gasteiger partial charge in [-0.3, -0.25) is 18.8 Å². The summed E-state index contributed by atoms with van der Waals surface area (Å²) in [6.07, 6.45) is -10.3. The molecule has 0 saturated carbocycles. The highest BCUT2D eigenvalue weighted by atomic mass is 28.4. The van der Waals surface area contributed by atoms with E-state index in [1.807, 2.05) is 44.8 Å². The Hall–Kier alpha value is -4.15. The molecule has 1 fully saturated rings. The number of nitrogens with zero attached hydrogens (tertiary/aromatic N) is 4. The van der Waals surface area contributed by atoms with Crippen LogP contribution in [0.25, 0.3) is 0 Å². The van der Waals surface area contributed by atoms with Crippen LogP contribution in [-0.2, 0) is 36.4 Å². The molecule has 8 nitrogen and oxygen atoms in total. The van der Waals surface area contributed by atoms with E-state index in [9.17, 15) is 35.9 Å². The van der Waals surface area contributed by atoms with Gasteiger partial charge in [-0.05, 0) is 54.9 Å². The van der Waals surface area contributed by atoms with Crippen molar-refractivity contribution < 1.29 is 39.6 Å². The number of aromatic nitrogens is 2. The summed E-state index contributed by atoms with van der Waals surface area (Å²) >= 11 is 0. The number of anilines is 1. The minimum absolute atomic E-state index is 0.0449. The Morgan fingerprint density at radius 2 is 1.45 bits per heavy atom. The van der Waals surface area contributed by atoms with Crippen LogP contribution in [0.15, 0.2) is 74.7 Å². The first-order valence-electron chi connectivity index (χ1n) is 17.1. The Kier molecular flexibility index (Phi) is 11.3. The average Bonchev–Trinajstić information content (AvgIpc) is 3.54. The number of rotatable bonds is 10. The molecule has 2 aromatic carbocycles. The molecule has 0 radical (unpaired) electrons. The van der Waals surface area contributed by atoms with Crippen molar-refractivity contribution in [3.05, 3.63) is 121 Å². The average molecular weight is 769 g/mol. The fraction of sp³-hybridized carbons (Fsp3) is 0.459. The van der Waals surface area contributed by atoms with Gasteiger partial charge in [-0.2, -0.15) is 26.3 Å². The van der Waals surface area contributed by atoms with Gasteiger partial charge in [-0.1, -0.05) is 57.2 Å². The van der Waals surface area contributed by atoms with Crippen molar-refractivity contribution in [3.63, 3.8) is 0 Å². The van der Waals surface area contributed by atoms with Crippen molar-refractivity contribution in [1.82, 2.24) is 14.0 Å². The van der Waals surface area contributed by atoms with Gasteiger partial charge >= 0.3 is 18.0 Å². The van der Waals surface area contributed by atoms with Crippen molar-refractivity contribution in [2.45, 2.75) is 83.9 Å². The number of piperazine rings is 1. The standard InChI is InChI=1S/C37H43F7N4O4Si/c1-24-32(46-19-17-45(18-20-46)21-26-15-16-31(51-26)37(42,43)44)33(49)48(23-30(25-11-8-7-9-12-25)52-53(5,6)35(2,3)4)34(50)47(24)22-27-28(36(39,40)41)13-10-14-29(27)38/h7-16,30H,17-23H2,1-6H3. The van der Waals surface area contributed by atoms with Crippen LogP contribution in [0.1, 0.15) is 60.8 Å². The number of halogens is 7. The van der Waals surface area contributed by atoms with Crippen molar-refractivity contribution in [2.24, 2.45) is 0 Å². The smallest absolute Gasteiger partial charge is 0.449 e. The lowest BCUT2D eigenvalue weighted by molar-refractivity contribution is -0.153. The molecule has 5 rings (SSSR count). The van der Waals surface area contributed by atoms with E-state index in [-0.39, 0.29) is 61.4 Å². The SMILES string of the molecule is Cc1c(N2CCN(Cc3ccc(C(F)(F)F)o3)CC2)c(=O)n(CC(O[Si](C)(C)C(C)(C)C)c2ccccc2)c(=O)n1Cc1c(F)cccc1C(F)(F)F. The summed E-state index contributed by atoms with van der Waals surface area (Å²) in [6, 6.07) is 13.7. The quantitative estimate of drug-likeness (QED) is 0.120. The third-order valence-electron chi connectivity index (χ3n) is 10.2. The van der Waals surface area contributed by atoms with E-state index in [1.165, 1.54) is 13.0 Å². The van der Waals surface area contributed by atoms with Crippen LogP contribution in [0, 0.1) is 12.7 Å². The van der Waals surface area contributed by atoms with Gasteiger partial charge in [-0.25, -0.2) is 9.18 Å². The van der Waals surface area contributed by atoms with Crippen molar-refractivity contribution in [3.8, 4) is 0 Å². The highest BCUT2D eigenvalue weighted by Crippen LogP contribution is 2.40. The highest BCUT2D eigenvalue weighted by molar-refractivity contribution is 6.74. The molecule has 53 heavy (non-hydrogen) atoms. The zero-order valence-corrected chi connectivity index (χ0v) is 31.4. The maximum absolute atomic E-state index is 15.2. The van der Waals surface area contributed by atoms with Gasteiger partial charge in [0.15, 0.2) is 8.32 Å². The maximum Gasteiger partial charge on any atom is 0.449 e. The Bertz CT molecular complexity index is 2020. The van der Waals surface area contributed by atoms with Gasteiger partial charge in [-0.15, -0.1) is 0 Å². The summed E-state index contributed by atoms with van der Waals surface area (Å²) in [7, 11) is -2.54. The van der Waals surface area contributed by atoms with E-state index in [1.54, 1.807) is 29.2 Å². The first-order valence-corrected chi connectivity index (χ1v) is 20.0. The second kappa shape index (κ2) is 14.9. The summed E-state index contributed by atoms with van der Waals surface area (Å²) in [5, 5.41) is -0.258. The predicted octanol–water partition coefficient (Wildman–Crippen LogP) is 8.22. The number of hydrogen-bond acceptors (Lipinski definition) is 6. The fourth-order valence-corrected chi connectivity index (χ4v) is 7.46. The van der Waals surface area contributed by atoms with Crippen molar-refractivity contribution in [1.29, 1.82) is 0 Å². The molecule has 0 N–H and O–H groups in total. The molecule has 4 aromatic rings. The predicted molar refractivity (Wildman–Crippen MR) is 189 cm³/mol. The first-order chi connectivity index (χ1) is 24.6. The summed E-state index contributed by atoms with van der Waals surface area (Å²) in [5.41, 5.74) is -2.83. The van der Waals surface area contributed by atoms with Gasteiger partial charge in [0.2, 0.25) is 5.76 Å². The molecule has 2 aromatic heterocycles. The molecule has 1 aliphatic rings. The van der Waals surface area contributed by atoms with Gasteiger partial charge in [0.05, 0.1) is 31.3 Å². The van der Waals surface area contributed by atoms with E-state index in [2.05, 4.69) is 0 Å². The summed E-state index contributed by atoms with van der Waals surface area (Å²) in [5.74, 6) is -2.16. The van der Waals surface area contributed by atoms with Crippen LogP contribution in [0.3, 0.4) is 0 Å². The highest BCUT2D eigenvalue weighted by Gasteiger charge is 2.41. The molecule has 3 heterocycles. The molecule has 0 amide bonds. The largest absolute Gasteiger partial charge is 0.455 e. The molecular weight excluding hydrogens is 726 g/mol. The van der Waals surface area contributed by atoms with E-state index < -0.39 is 67.3 Å². The Balaban J connectivity index is 1.58. The van der Waals surface area contributed by atoms with Crippen LogP contribution in [0.2, 0.25) is 18.1 Å². The minimum atomic E-state index is -4.92. The zero-order valence-electron chi connectivity index (χ0n) is 30.4. The molecule has 1 saturated heterocycles. The van der Waals surface area contributed by atoms with Gasteiger partial charge in [0.1, 0.15) is 17.3 Å². The van der Waals surface area contributed by atoms with E-state index >= 15 is 4.39 Å². The van der Waals surface area contributed by atoms with Crippen LogP contribution in [0.5, 0.6) is 0 Å². The Labute approximate surface area is 303 Å². The van der Waals surface area contributed by atoms with Gasteiger partial charge < -0.3 is 13.7 Å². The zero-order chi connectivity index (χ0) is 39.1. The molecule has 1 atom stereocenters. The molecular formula is C37H43F7N4O4Si. The molecule has 0 aliphatic carbocycles. The van der Waals surface area contributed by atoms with Crippen molar-refractivity contribution in [2.75, 3.05) is 31.1 Å². The molecule has 16 heteroatoms. The van der Waals surface area contributed by atoms with E-state index in [0.29, 0.717) is 5.56 Å². The number of furan rings is 1. The Morgan fingerprint density at radius 3 is 2.02 bits per heavy atom. The lowest BCUT2D eigenvalue weighted by atomic mass is 10.1. The van der Waals surface area contributed by atoms with E-state index in [0.717, 1.165) is 33.4 Å². The molecule has 0 spiro atoms. The third-order valence-corrected chi connectivity index (χ3v) is 14.7. The maximum atomic E-state index is 15.2. The second-order valence-electron chi connectivity index (χ2n) is 14.8. The first kappa shape index (κ1) is 40.0. The summed E-state index contributed by atoms with van der Waals surface area (Å²) in [6.45, 7) is 11.5. The van der Waals surface area contributed by atoms with Crippen LogP contribution in [0.4, 0.5) is 36.4 Å². The summed E-state index contributed by atoms with van der Waals surface area (Å²) in [4.78, 5) is 32.4. The fourth-order valence-electron chi connectivity index (χ4n) is 6.18. The molecule has 0 bridgehead atoms. The second-order valence-corrected chi connectivity index (χ2v) is 19.5. The lowest BCUT2D eigenvalue weighted by Gasteiger charge is -2.40. The normalized spacial score (nSPS) is 15.6. The monoisotopic (exact) mass is 768 g/mol. The topological polar surface area (TPSA) is 72.8 Å². The lowest BCUT2D eigenvalue weighted by Crippen LogP contribution is -2.51. The minimum Gasteiger partial charge on any atom is -0.455 e. The van der Waals surface area contributed by atoms with Crippen LogP contribution in [-0.4, -0.2) is 48.5 Å². The number of alkyl halides is 6. The third kappa shape index (κ3) is 8.81. The number of hydrogen-bond donors (Lipinski definition) is 0. The van der Waals surface area contributed by atoms with Gasteiger partial charge in [0, 0.05) is 37.4 Å². The van der Waals surface area contributed by atoms with Crippen LogP contribution < -0.4 is 16.1 Å². The molecule has 1 aliphatic heterocycles. The number of benzene rings is 2.